The van der Waals surface area contributed by atoms with Gasteiger partial charge in [-0.05, 0) is 63.2 Å². The van der Waals surface area contributed by atoms with Crippen molar-refractivity contribution in [1.82, 2.24) is 9.78 Å². The number of nitrogens with zero attached hydrogens (tertiary/aromatic N) is 3. The monoisotopic (exact) mass is 241 g/mol. The van der Waals surface area contributed by atoms with Gasteiger partial charge in [-0.15, -0.1) is 0 Å². The Labute approximate surface area is 108 Å². The fourth-order valence-corrected chi connectivity index (χ4v) is 5.32. The predicted molar refractivity (Wildman–Crippen MR) is 67.8 cm³/mol. The molecular weight excluding hydrogens is 222 g/mol. The van der Waals surface area contributed by atoms with E-state index in [4.69, 9.17) is 5.26 Å². The van der Waals surface area contributed by atoms with Crippen LogP contribution in [0.15, 0.2) is 6.20 Å². The van der Waals surface area contributed by atoms with Crippen molar-refractivity contribution in [3.05, 3.63) is 17.5 Å². The molecule has 5 rings (SSSR count). The minimum atomic E-state index is 0.258. The molecule has 4 aliphatic carbocycles. The third kappa shape index (κ3) is 1.27. The molecule has 0 N–H and O–H groups in total. The van der Waals surface area contributed by atoms with E-state index in [1.165, 1.54) is 38.5 Å². The quantitative estimate of drug-likeness (QED) is 0.758. The highest BCUT2D eigenvalue weighted by Crippen LogP contribution is 2.58. The second-order valence-corrected chi connectivity index (χ2v) is 6.81. The SMILES string of the molecule is Cc1c(C#N)cnn1C12CC3CC(CC(C3)C1)C2. The van der Waals surface area contributed by atoms with Gasteiger partial charge in [0.05, 0.1) is 23.0 Å². The molecule has 0 aromatic carbocycles. The van der Waals surface area contributed by atoms with E-state index in [0.29, 0.717) is 0 Å². The average molecular weight is 241 g/mol. The van der Waals surface area contributed by atoms with Crippen molar-refractivity contribution in [3.63, 3.8) is 0 Å². The Hall–Kier alpha value is -1.30. The minimum Gasteiger partial charge on any atom is -0.262 e. The Bertz CT molecular complexity index is 499. The summed E-state index contributed by atoms with van der Waals surface area (Å²) in [7, 11) is 0. The van der Waals surface area contributed by atoms with E-state index in [2.05, 4.69) is 22.8 Å². The normalized spacial score (nSPS) is 41.0. The molecule has 3 nitrogen and oxygen atoms in total. The van der Waals surface area contributed by atoms with Gasteiger partial charge in [-0.25, -0.2) is 0 Å². The van der Waals surface area contributed by atoms with Crippen molar-refractivity contribution < 1.29 is 0 Å². The van der Waals surface area contributed by atoms with Crippen molar-refractivity contribution in [3.8, 4) is 6.07 Å². The van der Waals surface area contributed by atoms with Gasteiger partial charge in [-0.2, -0.15) is 10.4 Å². The van der Waals surface area contributed by atoms with Crippen molar-refractivity contribution in [2.45, 2.75) is 51.0 Å². The predicted octanol–water partition coefficient (Wildman–Crippen LogP) is 2.99. The Morgan fingerprint density at radius 3 is 2.22 bits per heavy atom. The standard InChI is InChI=1S/C15H19N3/c1-10-14(8-16)9-17-18(10)15-5-11-2-12(6-15)4-13(3-11)7-15/h9,11-13H,2-7H2,1H3. The summed E-state index contributed by atoms with van der Waals surface area (Å²) in [6.07, 6.45) is 10.00. The van der Waals surface area contributed by atoms with Gasteiger partial charge in [-0.3, -0.25) is 4.68 Å². The zero-order chi connectivity index (χ0) is 12.3. The van der Waals surface area contributed by atoms with E-state index >= 15 is 0 Å². The number of nitriles is 1. The third-order valence-corrected chi connectivity index (χ3v) is 5.59. The lowest BCUT2D eigenvalue weighted by Gasteiger charge is -2.56. The van der Waals surface area contributed by atoms with Gasteiger partial charge < -0.3 is 0 Å². The number of rotatable bonds is 1. The molecule has 3 heteroatoms. The number of hydrogen-bond donors (Lipinski definition) is 0. The van der Waals surface area contributed by atoms with Crippen LogP contribution in [-0.4, -0.2) is 9.78 Å². The molecule has 94 valence electrons. The smallest absolute Gasteiger partial charge is 0.103 e. The van der Waals surface area contributed by atoms with Gasteiger partial charge in [0, 0.05) is 0 Å². The zero-order valence-corrected chi connectivity index (χ0v) is 10.9. The molecule has 0 unspecified atom stereocenters. The summed E-state index contributed by atoms with van der Waals surface area (Å²) in [6.45, 7) is 2.06. The number of hydrogen-bond acceptors (Lipinski definition) is 2. The third-order valence-electron chi connectivity index (χ3n) is 5.59. The van der Waals surface area contributed by atoms with Crippen molar-refractivity contribution in [1.29, 1.82) is 5.26 Å². The van der Waals surface area contributed by atoms with Crippen molar-refractivity contribution in [2.24, 2.45) is 17.8 Å². The summed E-state index contributed by atoms with van der Waals surface area (Å²) in [5, 5.41) is 13.7. The molecule has 0 atom stereocenters. The van der Waals surface area contributed by atoms with E-state index in [9.17, 15) is 0 Å². The lowest BCUT2D eigenvalue weighted by atomic mass is 9.53. The summed E-state index contributed by atoms with van der Waals surface area (Å²) in [5.74, 6) is 2.76. The first kappa shape index (κ1) is 10.6. The second-order valence-electron chi connectivity index (χ2n) is 6.81. The maximum atomic E-state index is 9.11. The molecule has 4 fully saturated rings. The number of aromatic nitrogens is 2. The van der Waals surface area contributed by atoms with Gasteiger partial charge in [0.1, 0.15) is 6.07 Å². The van der Waals surface area contributed by atoms with Crippen LogP contribution in [0, 0.1) is 36.0 Å². The molecule has 0 saturated heterocycles. The molecule has 1 heterocycles. The maximum Gasteiger partial charge on any atom is 0.103 e. The highest BCUT2D eigenvalue weighted by Gasteiger charge is 2.52. The van der Waals surface area contributed by atoms with Crippen LogP contribution in [0.3, 0.4) is 0 Å². The molecular formula is C15H19N3. The molecule has 0 aliphatic heterocycles. The zero-order valence-electron chi connectivity index (χ0n) is 10.9. The van der Waals surface area contributed by atoms with Crippen LogP contribution < -0.4 is 0 Å². The van der Waals surface area contributed by atoms with E-state index in [1.807, 2.05) is 0 Å². The van der Waals surface area contributed by atoms with Gasteiger partial charge >= 0.3 is 0 Å². The van der Waals surface area contributed by atoms with Gasteiger partial charge in [-0.1, -0.05) is 0 Å². The van der Waals surface area contributed by atoms with Crippen LogP contribution in [0.25, 0.3) is 0 Å². The fourth-order valence-electron chi connectivity index (χ4n) is 5.32. The van der Waals surface area contributed by atoms with Crippen molar-refractivity contribution >= 4 is 0 Å². The minimum absolute atomic E-state index is 0.258. The molecule has 4 bridgehead atoms. The first-order valence-electron chi connectivity index (χ1n) is 7.15. The molecule has 18 heavy (non-hydrogen) atoms. The summed E-state index contributed by atoms with van der Waals surface area (Å²) in [4.78, 5) is 0. The molecule has 0 radical (unpaired) electrons. The first-order chi connectivity index (χ1) is 8.70. The van der Waals surface area contributed by atoms with E-state index in [0.717, 1.165) is 29.0 Å². The maximum absolute atomic E-state index is 9.11. The Kier molecular flexibility index (Phi) is 1.99. The van der Waals surface area contributed by atoms with Gasteiger partial charge in [0.25, 0.3) is 0 Å². The Balaban J connectivity index is 1.79. The van der Waals surface area contributed by atoms with E-state index in [1.54, 1.807) is 6.20 Å². The lowest BCUT2D eigenvalue weighted by molar-refractivity contribution is -0.0503. The van der Waals surface area contributed by atoms with Crippen LogP contribution in [0.2, 0.25) is 0 Å². The van der Waals surface area contributed by atoms with E-state index in [-0.39, 0.29) is 5.54 Å². The van der Waals surface area contributed by atoms with E-state index < -0.39 is 0 Å². The van der Waals surface area contributed by atoms with Crippen LogP contribution >= 0.6 is 0 Å². The lowest BCUT2D eigenvalue weighted by Crippen LogP contribution is -2.52. The first-order valence-corrected chi connectivity index (χ1v) is 7.15. The molecule has 4 aliphatic rings. The summed E-state index contributed by atoms with van der Waals surface area (Å²) in [6, 6.07) is 2.26. The Morgan fingerprint density at radius 1 is 1.22 bits per heavy atom. The molecule has 1 aromatic heterocycles. The molecule has 4 saturated carbocycles. The van der Waals surface area contributed by atoms with Crippen molar-refractivity contribution in [2.75, 3.05) is 0 Å². The highest BCUT2D eigenvalue weighted by molar-refractivity contribution is 5.31. The summed E-state index contributed by atoms with van der Waals surface area (Å²) in [5.41, 5.74) is 2.10. The van der Waals surface area contributed by atoms with Gasteiger partial charge in [0.2, 0.25) is 0 Å². The summed E-state index contributed by atoms with van der Waals surface area (Å²) < 4.78 is 2.22. The fraction of sp³-hybridized carbons (Fsp3) is 0.733. The van der Waals surface area contributed by atoms with Crippen LogP contribution in [-0.2, 0) is 5.54 Å². The second kappa shape index (κ2) is 3.38. The Morgan fingerprint density at radius 2 is 1.78 bits per heavy atom. The van der Waals surface area contributed by atoms with Crippen LogP contribution in [0.1, 0.15) is 49.8 Å². The largest absolute Gasteiger partial charge is 0.262 e. The van der Waals surface area contributed by atoms with Gasteiger partial charge in [0.15, 0.2) is 0 Å². The average Bonchev–Trinajstić information content (AvgIpc) is 2.69. The summed E-state index contributed by atoms with van der Waals surface area (Å²) >= 11 is 0. The molecule has 0 spiro atoms. The molecule has 0 amide bonds. The topological polar surface area (TPSA) is 41.6 Å². The molecule has 1 aromatic rings. The van der Waals surface area contributed by atoms with Crippen LogP contribution in [0.4, 0.5) is 0 Å². The van der Waals surface area contributed by atoms with Crippen LogP contribution in [0.5, 0.6) is 0 Å². The highest BCUT2D eigenvalue weighted by atomic mass is 15.3.